The molecule has 2 unspecified atom stereocenters. The highest BCUT2D eigenvalue weighted by atomic mass is 79.9. The van der Waals surface area contributed by atoms with Gasteiger partial charge in [-0.3, -0.25) is 0 Å². The van der Waals surface area contributed by atoms with Gasteiger partial charge in [-0.2, -0.15) is 9.67 Å². The molecule has 4 aliphatic rings. The number of halogens is 2. The Morgan fingerprint density at radius 2 is 2.09 bits per heavy atom. The summed E-state index contributed by atoms with van der Waals surface area (Å²) in [6.45, 7) is 0. The zero-order valence-electron chi connectivity index (χ0n) is 18.5. The van der Waals surface area contributed by atoms with Crippen LogP contribution in [0.4, 0.5) is 5.82 Å². The Balaban J connectivity index is 1.31. The van der Waals surface area contributed by atoms with E-state index in [9.17, 15) is 10.1 Å². The van der Waals surface area contributed by atoms with E-state index in [1.165, 1.54) is 6.42 Å². The Labute approximate surface area is 209 Å². The maximum absolute atomic E-state index is 11.4. The molecule has 2 atom stereocenters. The number of rotatable bonds is 6. The second-order valence-corrected chi connectivity index (χ2v) is 11.5. The Bertz CT molecular complexity index is 1280. The number of aromatic nitrogens is 4. The van der Waals surface area contributed by atoms with Crippen LogP contribution in [0.2, 0.25) is 5.02 Å². The zero-order valence-corrected chi connectivity index (χ0v) is 20.9. The molecule has 2 aromatic heterocycles. The van der Waals surface area contributed by atoms with Crippen LogP contribution < -0.4 is 4.74 Å². The predicted octanol–water partition coefficient (Wildman–Crippen LogP) is 5.80. The van der Waals surface area contributed by atoms with Crippen molar-refractivity contribution in [2.45, 2.75) is 50.5 Å². The predicted molar refractivity (Wildman–Crippen MR) is 127 cm³/mol. The molecule has 3 aromatic rings. The smallest absolute Gasteiger partial charge is 0.404 e. The molecule has 4 saturated carbocycles. The molecule has 1 aromatic carbocycles. The molecule has 7 rings (SSSR count). The summed E-state index contributed by atoms with van der Waals surface area (Å²) < 4.78 is 13.5. The van der Waals surface area contributed by atoms with Crippen molar-refractivity contribution in [1.82, 2.24) is 19.9 Å². The molecule has 0 amide bonds. The van der Waals surface area contributed by atoms with Crippen molar-refractivity contribution in [1.29, 1.82) is 0 Å². The van der Waals surface area contributed by atoms with Gasteiger partial charge in [-0.05, 0) is 94.8 Å². The van der Waals surface area contributed by atoms with E-state index in [1.54, 1.807) is 31.5 Å². The quantitative estimate of drug-likeness (QED) is 0.283. The summed E-state index contributed by atoms with van der Waals surface area (Å²) in [6, 6.07) is 5.33. The molecule has 178 valence electrons. The van der Waals surface area contributed by atoms with Crippen LogP contribution >= 0.6 is 27.5 Å². The topological polar surface area (TPSA) is 109 Å². The maximum Gasteiger partial charge on any atom is 0.404 e. The summed E-state index contributed by atoms with van der Waals surface area (Å²) in [6.07, 6.45) is 8.80. The van der Waals surface area contributed by atoms with Crippen LogP contribution in [0.1, 0.15) is 44.4 Å². The van der Waals surface area contributed by atoms with Gasteiger partial charge in [0.05, 0.1) is 29.5 Å². The first-order valence-electron chi connectivity index (χ1n) is 11.3. The van der Waals surface area contributed by atoms with E-state index in [1.807, 2.05) is 4.68 Å². The van der Waals surface area contributed by atoms with Crippen molar-refractivity contribution >= 4 is 33.3 Å². The van der Waals surface area contributed by atoms with Crippen molar-refractivity contribution < 1.29 is 14.2 Å². The highest BCUT2D eigenvalue weighted by molar-refractivity contribution is 9.10. The number of nitro groups is 1. The first-order chi connectivity index (χ1) is 16.3. The average Bonchev–Trinajstić information content (AvgIpc) is 3.39. The first-order valence-corrected chi connectivity index (χ1v) is 12.5. The molecule has 4 aliphatic carbocycles. The van der Waals surface area contributed by atoms with Gasteiger partial charge >= 0.3 is 5.82 Å². The minimum atomic E-state index is -0.430. The van der Waals surface area contributed by atoms with Gasteiger partial charge < -0.3 is 19.4 Å². The minimum absolute atomic E-state index is 0.0134. The molecule has 34 heavy (non-hydrogen) atoms. The Morgan fingerprint density at radius 3 is 2.76 bits per heavy atom. The lowest BCUT2D eigenvalue weighted by molar-refractivity contribution is -0.390. The van der Waals surface area contributed by atoms with Crippen LogP contribution in [0.25, 0.3) is 11.4 Å². The molecular weight excluding hydrogens is 526 g/mol. The van der Waals surface area contributed by atoms with Gasteiger partial charge in [0.2, 0.25) is 11.7 Å². The van der Waals surface area contributed by atoms with Gasteiger partial charge in [0.15, 0.2) is 0 Å². The van der Waals surface area contributed by atoms with E-state index in [0.717, 1.165) is 32.1 Å². The standard InChI is InChI=1S/C23H23BrClN5O4/c1-33-18-3-2-15(25)5-16(18)20-26-19(34-28-20)10-22-6-13-4-14(7-22)9-23(8-13,12-22)29-11-17(24)21(27-29)30(31)32/h2-3,5,11,13-14H,4,6-10,12H2,1H3. The first kappa shape index (κ1) is 22.0. The van der Waals surface area contributed by atoms with Crippen LogP contribution in [0.5, 0.6) is 5.75 Å². The molecular formula is C23H23BrClN5O4. The van der Waals surface area contributed by atoms with Crippen molar-refractivity contribution in [3.05, 3.63) is 49.9 Å². The van der Waals surface area contributed by atoms with Crippen LogP contribution in [0.3, 0.4) is 0 Å². The Morgan fingerprint density at radius 1 is 1.32 bits per heavy atom. The van der Waals surface area contributed by atoms with Gasteiger partial charge in [0, 0.05) is 11.4 Å². The largest absolute Gasteiger partial charge is 0.496 e. The highest BCUT2D eigenvalue weighted by Gasteiger charge is 2.60. The number of methoxy groups -OCH3 is 1. The van der Waals surface area contributed by atoms with Crippen molar-refractivity contribution in [3.63, 3.8) is 0 Å². The summed E-state index contributed by atoms with van der Waals surface area (Å²) in [5.41, 5.74) is 0.500. The SMILES string of the molecule is COc1ccc(Cl)cc1-c1noc(CC23CC4CC(C2)CC(n2cc(Br)c([N+](=O)[O-])n2)(C4)C3)n1. The van der Waals surface area contributed by atoms with Crippen LogP contribution in [-0.2, 0) is 12.0 Å². The molecule has 4 fully saturated rings. The zero-order chi connectivity index (χ0) is 23.7. The molecule has 11 heteroatoms. The molecule has 0 radical (unpaired) electrons. The Kier molecular flexibility index (Phi) is 5.04. The van der Waals surface area contributed by atoms with Gasteiger partial charge in [-0.1, -0.05) is 16.8 Å². The normalized spacial score (nSPS) is 29.5. The number of hydrogen-bond donors (Lipinski definition) is 0. The Hall–Kier alpha value is -2.46. The van der Waals surface area contributed by atoms with E-state index < -0.39 is 4.92 Å². The summed E-state index contributed by atoms with van der Waals surface area (Å²) in [5.74, 6) is 2.71. The minimum Gasteiger partial charge on any atom is -0.496 e. The highest BCUT2D eigenvalue weighted by Crippen LogP contribution is 2.65. The van der Waals surface area contributed by atoms with Crippen molar-refractivity contribution in [2.75, 3.05) is 7.11 Å². The maximum atomic E-state index is 11.4. The molecule has 0 aliphatic heterocycles. The third-order valence-corrected chi connectivity index (χ3v) is 8.65. The molecule has 0 N–H and O–H groups in total. The van der Waals surface area contributed by atoms with Crippen LogP contribution in [0, 0.1) is 27.4 Å². The third-order valence-electron chi connectivity index (χ3n) is 7.86. The fraction of sp³-hybridized carbons (Fsp3) is 0.522. The second kappa shape index (κ2) is 7.78. The molecule has 4 bridgehead atoms. The van der Waals surface area contributed by atoms with Gasteiger partial charge in [-0.25, -0.2) is 0 Å². The second-order valence-electron chi connectivity index (χ2n) is 10.2. The molecule has 0 saturated heterocycles. The summed E-state index contributed by atoms with van der Waals surface area (Å²) in [5, 5.41) is 20.6. The van der Waals surface area contributed by atoms with E-state index in [2.05, 4.69) is 26.2 Å². The average molecular weight is 549 g/mol. The fourth-order valence-electron chi connectivity index (χ4n) is 7.20. The van der Waals surface area contributed by atoms with E-state index in [4.69, 9.17) is 25.8 Å². The monoisotopic (exact) mass is 547 g/mol. The number of hydrogen-bond acceptors (Lipinski definition) is 7. The summed E-state index contributed by atoms with van der Waals surface area (Å²) >= 11 is 9.51. The van der Waals surface area contributed by atoms with Crippen LogP contribution in [-0.4, -0.2) is 32.0 Å². The van der Waals surface area contributed by atoms with Crippen molar-refractivity contribution in [3.8, 4) is 17.1 Å². The van der Waals surface area contributed by atoms with Crippen molar-refractivity contribution in [2.24, 2.45) is 17.3 Å². The van der Waals surface area contributed by atoms with Gasteiger partial charge in [-0.15, -0.1) is 0 Å². The third kappa shape index (κ3) is 3.53. The number of ether oxygens (including phenoxy) is 1. The lowest BCUT2D eigenvalue weighted by Crippen LogP contribution is -2.57. The van der Waals surface area contributed by atoms with E-state index in [-0.39, 0.29) is 16.8 Å². The molecule has 2 heterocycles. The van der Waals surface area contributed by atoms with Gasteiger partial charge in [0.1, 0.15) is 10.2 Å². The van der Waals surface area contributed by atoms with Crippen LogP contribution in [0.15, 0.2) is 33.4 Å². The van der Waals surface area contributed by atoms with E-state index in [0.29, 0.717) is 50.8 Å². The summed E-state index contributed by atoms with van der Waals surface area (Å²) in [7, 11) is 1.60. The number of benzene rings is 1. The summed E-state index contributed by atoms with van der Waals surface area (Å²) in [4.78, 5) is 15.7. The lowest BCUT2D eigenvalue weighted by atomic mass is 9.46. The fourth-order valence-corrected chi connectivity index (χ4v) is 7.79. The molecule has 0 spiro atoms. The number of nitrogens with zero attached hydrogens (tertiary/aromatic N) is 5. The van der Waals surface area contributed by atoms with Gasteiger partial charge in [0.25, 0.3) is 0 Å². The van der Waals surface area contributed by atoms with E-state index >= 15 is 0 Å². The molecule has 9 nitrogen and oxygen atoms in total. The lowest BCUT2D eigenvalue weighted by Gasteiger charge is -2.61.